The minimum Gasteiger partial charge on any atom is -0.326 e. The molecule has 0 bridgehead atoms. The molecule has 4 rings (SSSR count). The van der Waals surface area contributed by atoms with Crippen molar-refractivity contribution in [2.45, 2.75) is 32.6 Å². The lowest BCUT2D eigenvalue weighted by Crippen LogP contribution is -2.25. The molecule has 0 saturated carbocycles. The van der Waals surface area contributed by atoms with E-state index in [4.69, 9.17) is 0 Å². The first kappa shape index (κ1) is 17.7. The fourth-order valence-corrected chi connectivity index (χ4v) is 4.40. The minimum atomic E-state index is -0.152. The van der Waals surface area contributed by atoms with Crippen molar-refractivity contribution in [2.75, 3.05) is 28.2 Å². The molecule has 2 aromatic rings. The van der Waals surface area contributed by atoms with Crippen molar-refractivity contribution in [3.63, 3.8) is 0 Å². The summed E-state index contributed by atoms with van der Waals surface area (Å²) < 4.78 is 0. The number of thiazole rings is 1. The number of rotatable bonds is 4. The SMILES string of the molecule is CC(=O)N1CCc2cc(NC(=O)Cc3csc(N4CCCC4=O)n3)ccc21. The molecule has 0 spiro atoms. The van der Waals surface area contributed by atoms with Gasteiger partial charge in [0.1, 0.15) is 0 Å². The van der Waals surface area contributed by atoms with E-state index in [1.54, 1.807) is 16.7 Å². The smallest absolute Gasteiger partial charge is 0.230 e. The van der Waals surface area contributed by atoms with Gasteiger partial charge in [-0.25, -0.2) is 4.98 Å². The Morgan fingerprint density at radius 3 is 2.85 bits per heavy atom. The summed E-state index contributed by atoms with van der Waals surface area (Å²) in [5.41, 5.74) is 3.36. The molecule has 8 heteroatoms. The van der Waals surface area contributed by atoms with E-state index in [2.05, 4.69) is 10.3 Å². The van der Waals surface area contributed by atoms with Gasteiger partial charge >= 0.3 is 0 Å². The van der Waals surface area contributed by atoms with Gasteiger partial charge in [-0.1, -0.05) is 0 Å². The van der Waals surface area contributed by atoms with Gasteiger partial charge in [0, 0.05) is 43.2 Å². The molecule has 3 heterocycles. The summed E-state index contributed by atoms with van der Waals surface area (Å²) in [4.78, 5) is 43.6. The van der Waals surface area contributed by atoms with Gasteiger partial charge in [-0.05, 0) is 36.6 Å². The Kier molecular flexibility index (Phi) is 4.65. The summed E-state index contributed by atoms with van der Waals surface area (Å²) in [6, 6.07) is 5.61. The Morgan fingerprint density at radius 1 is 1.26 bits per heavy atom. The highest BCUT2D eigenvalue weighted by Gasteiger charge is 2.25. The molecule has 0 aliphatic carbocycles. The molecule has 1 saturated heterocycles. The zero-order valence-electron chi connectivity index (χ0n) is 15.0. The van der Waals surface area contributed by atoms with Crippen LogP contribution in [0.1, 0.15) is 31.0 Å². The monoisotopic (exact) mass is 384 g/mol. The van der Waals surface area contributed by atoms with Crippen molar-refractivity contribution < 1.29 is 14.4 Å². The number of hydrogen-bond acceptors (Lipinski definition) is 5. The number of nitrogens with zero attached hydrogens (tertiary/aromatic N) is 3. The fourth-order valence-electron chi connectivity index (χ4n) is 3.53. The van der Waals surface area contributed by atoms with E-state index in [1.807, 2.05) is 23.6 Å². The van der Waals surface area contributed by atoms with E-state index in [0.29, 0.717) is 36.0 Å². The van der Waals surface area contributed by atoms with E-state index in [0.717, 1.165) is 24.1 Å². The topological polar surface area (TPSA) is 82.6 Å². The molecule has 3 amide bonds. The minimum absolute atomic E-state index is 0.0290. The summed E-state index contributed by atoms with van der Waals surface area (Å²) in [7, 11) is 0. The largest absolute Gasteiger partial charge is 0.326 e. The van der Waals surface area contributed by atoms with Crippen molar-refractivity contribution in [3.05, 3.63) is 34.8 Å². The average molecular weight is 384 g/mol. The lowest BCUT2D eigenvalue weighted by molar-refractivity contribution is -0.117. The summed E-state index contributed by atoms with van der Waals surface area (Å²) in [5, 5.41) is 5.39. The molecule has 2 aliphatic heterocycles. The van der Waals surface area contributed by atoms with Gasteiger partial charge in [-0.3, -0.25) is 19.3 Å². The standard InChI is InChI=1S/C19H20N4O3S/c1-12(24)22-8-6-13-9-14(4-5-16(13)22)20-17(25)10-15-11-27-19(21-15)23-7-2-3-18(23)26/h4-5,9,11H,2-3,6-8,10H2,1H3,(H,20,25). The van der Waals surface area contributed by atoms with Gasteiger partial charge in [0.25, 0.3) is 0 Å². The number of aromatic nitrogens is 1. The third-order valence-corrected chi connectivity index (χ3v) is 5.74. The number of anilines is 3. The van der Waals surface area contributed by atoms with Crippen LogP contribution in [0.3, 0.4) is 0 Å². The maximum absolute atomic E-state index is 12.4. The second-order valence-electron chi connectivity index (χ2n) is 6.76. The first-order valence-corrected chi connectivity index (χ1v) is 9.85. The van der Waals surface area contributed by atoms with Crippen LogP contribution in [0, 0.1) is 0 Å². The predicted molar refractivity (Wildman–Crippen MR) is 104 cm³/mol. The van der Waals surface area contributed by atoms with Gasteiger partial charge in [-0.15, -0.1) is 11.3 Å². The Hall–Kier alpha value is -2.74. The van der Waals surface area contributed by atoms with Crippen molar-refractivity contribution in [1.29, 1.82) is 0 Å². The molecule has 140 valence electrons. The van der Waals surface area contributed by atoms with Gasteiger partial charge in [0.15, 0.2) is 5.13 Å². The van der Waals surface area contributed by atoms with E-state index in [1.165, 1.54) is 11.3 Å². The van der Waals surface area contributed by atoms with Crippen LogP contribution in [0.4, 0.5) is 16.5 Å². The summed E-state index contributed by atoms with van der Waals surface area (Å²) >= 11 is 1.39. The number of nitrogens with one attached hydrogen (secondary N) is 1. The van der Waals surface area contributed by atoms with Gasteiger partial charge in [0.05, 0.1) is 12.1 Å². The Balaban J connectivity index is 1.40. The number of fused-ring (bicyclic) bond motifs is 1. The lowest BCUT2D eigenvalue weighted by Gasteiger charge is -2.15. The first-order valence-electron chi connectivity index (χ1n) is 8.97. The van der Waals surface area contributed by atoms with Crippen LogP contribution in [0.15, 0.2) is 23.6 Å². The molecule has 1 N–H and O–H groups in total. The quantitative estimate of drug-likeness (QED) is 0.877. The molecule has 0 unspecified atom stereocenters. The van der Waals surface area contributed by atoms with Crippen molar-refractivity contribution in [2.24, 2.45) is 0 Å². The highest BCUT2D eigenvalue weighted by molar-refractivity contribution is 7.14. The molecule has 0 radical (unpaired) electrons. The summed E-state index contributed by atoms with van der Waals surface area (Å²) in [6.07, 6.45) is 2.37. The van der Waals surface area contributed by atoms with Crippen LogP contribution in [0.5, 0.6) is 0 Å². The normalized spacial score (nSPS) is 16.0. The Bertz CT molecular complexity index is 923. The van der Waals surface area contributed by atoms with E-state index in [-0.39, 0.29) is 24.1 Å². The lowest BCUT2D eigenvalue weighted by atomic mass is 10.1. The number of amides is 3. The molecule has 1 fully saturated rings. The zero-order chi connectivity index (χ0) is 19.0. The van der Waals surface area contributed by atoms with Crippen LogP contribution < -0.4 is 15.1 Å². The maximum Gasteiger partial charge on any atom is 0.230 e. The highest BCUT2D eigenvalue weighted by atomic mass is 32.1. The van der Waals surface area contributed by atoms with Gasteiger partial charge < -0.3 is 10.2 Å². The summed E-state index contributed by atoms with van der Waals surface area (Å²) in [5.74, 6) is -0.0274. The molecule has 0 atom stereocenters. The van der Waals surface area contributed by atoms with Crippen molar-refractivity contribution in [3.8, 4) is 0 Å². The predicted octanol–water partition coefficient (Wildman–Crippen LogP) is 2.36. The molecular weight excluding hydrogens is 364 g/mol. The molecule has 2 aliphatic rings. The maximum atomic E-state index is 12.4. The fraction of sp³-hybridized carbons (Fsp3) is 0.368. The third kappa shape index (κ3) is 3.57. The highest BCUT2D eigenvalue weighted by Crippen LogP contribution is 2.30. The number of carbonyl (C=O) groups is 3. The van der Waals surface area contributed by atoms with Crippen LogP contribution in [0.25, 0.3) is 0 Å². The average Bonchev–Trinajstić information content (AvgIpc) is 3.33. The number of hydrogen-bond donors (Lipinski definition) is 1. The van der Waals surface area contributed by atoms with Crippen LogP contribution in [-0.2, 0) is 27.2 Å². The Labute approximate surface area is 161 Å². The third-order valence-electron chi connectivity index (χ3n) is 4.82. The van der Waals surface area contributed by atoms with Crippen LogP contribution in [-0.4, -0.2) is 35.8 Å². The van der Waals surface area contributed by atoms with E-state index in [9.17, 15) is 14.4 Å². The summed E-state index contributed by atoms with van der Waals surface area (Å²) in [6.45, 7) is 2.94. The number of carbonyl (C=O) groups excluding carboxylic acids is 3. The Morgan fingerprint density at radius 2 is 2.11 bits per heavy atom. The molecule has 1 aromatic heterocycles. The van der Waals surface area contributed by atoms with E-state index >= 15 is 0 Å². The molecule has 7 nitrogen and oxygen atoms in total. The molecular formula is C19H20N4O3S. The van der Waals surface area contributed by atoms with Crippen LogP contribution >= 0.6 is 11.3 Å². The second-order valence-corrected chi connectivity index (χ2v) is 7.60. The molecule has 27 heavy (non-hydrogen) atoms. The second kappa shape index (κ2) is 7.11. The van der Waals surface area contributed by atoms with Gasteiger partial charge in [-0.2, -0.15) is 0 Å². The zero-order valence-corrected chi connectivity index (χ0v) is 15.8. The van der Waals surface area contributed by atoms with E-state index < -0.39 is 0 Å². The van der Waals surface area contributed by atoms with Crippen LogP contribution in [0.2, 0.25) is 0 Å². The van der Waals surface area contributed by atoms with Gasteiger partial charge in [0.2, 0.25) is 17.7 Å². The molecule has 1 aromatic carbocycles. The first-order chi connectivity index (χ1) is 13.0. The van der Waals surface area contributed by atoms with Crippen molar-refractivity contribution in [1.82, 2.24) is 4.98 Å². The number of benzene rings is 1. The van der Waals surface area contributed by atoms with Crippen molar-refractivity contribution >= 4 is 45.6 Å².